The summed E-state index contributed by atoms with van der Waals surface area (Å²) in [6.45, 7) is 1.20. The van der Waals surface area contributed by atoms with Crippen LogP contribution in [0.4, 0.5) is 18.0 Å². The largest absolute Gasteiger partial charge is 0.511 e. The van der Waals surface area contributed by atoms with E-state index in [4.69, 9.17) is 5.11 Å². The van der Waals surface area contributed by atoms with Gasteiger partial charge < -0.3 is 14.4 Å². The molecule has 128 valence electrons. The standard InChI is InChI=1S/C17H10F3NO4/c1-8-14-12(6-11(19)15(8)20)21(10-4-2-9(18)3-5-10)7-13(16(14)22)25-17(23)24/h2-7H,1H3,(H,23,24). The highest BCUT2D eigenvalue weighted by Gasteiger charge is 2.20. The summed E-state index contributed by atoms with van der Waals surface area (Å²) in [5, 5.41) is 8.54. The number of halogens is 3. The first kappa shape index (κ1) is 16.6. The molecule has 8 heteroatoms. The molecule has 3 aromatic rings. The number of pyridine rings is 1. The number of hydrogen-bond donors (Lipinski definition) is 1. The van der Waals surface area contributed by atoms with E-state index in [1.54, 1.807) is 0 Å². The number of nitrogens with zero attached hydrogens (tertiary/aromatic N) is 1. The van der Waals surface area contributed by atoms with Crippen molar-refractivity contribution in [3.63, 3.8) is 0 Å². The lowest BCUT2D eigenvalue weighted by Crippen LogP contribution is -2.17. The Morgan fingerprint density at radius 1 is 1.16 bits per heavy atom. The first-order valence-corrected chi connectivity index (χ1v) is 7.00. The summed E-state index contributed by atoms with van der Waals surface area (Å²) < 4.78 is 46.6. The second kappa shape index (κ2) is 5.97. The van der Waals surface area contributed by atoms with Gasteiger partial charge in [-0.3, -0.25) is 4.79 Å². The van der Waals surface area contributed by atoms with Crippen LogP contribution in [-0.4, -0.2) is 15.8 Å². The lowest BCUT2D eigenvalue weighted by molar-refractivity contribution is 0.144. The second-order valence-corrected chi connectivity index (χ2v) is 5.23. The molecule has 0 radical (unpaired) electrons. The zero-order valence-electron chi connectivity index (χ0n) is 12.7. The van der Waals surface area contributed by atoms with Gasteiger partial charge in [0.05, 0.1) is 17.1 Å². The molecule has 5 nitrogen and oxygen atoms in total. The Bertz CT molecular complexity index is 1060. The molecule has 3 rings (SSSR count). The summed E-state index contributed by atoms with van der Waals surface area (Å²) in [4.78, 5) is 23.2. The smallest absolute Gasteiger partial charge is 0.449 e. The highest BCUT2D eigenvalue weighted by atomic mass is 19.2. The first-order chi connectivity index (χ1) is 11.8. The third kappa shape index (κ3) is 2.82. The molecule has 0 spiro atoms. The Labute approximate surface area is 138 Å². The van der Waals surface area contributed by atoms with Crippen LogP contribution >= 0.6 is 0 Å². The van der Waals surface area contributed by atoms with Crippen LogP contribution < -0.4 is 10.2 Å². The molecule has 0 aliphatic heterocycles. The fourth-order valence-corrected chi connectivity index (χ4v) is 2.56. The van der Waals surface area contributed by atoms with Gasteiger partial charge in [-0.05, 0) is 31.2 Å². The molecule has 1 aromatic heterocycles. The van der Waals surface area contributed by atoms with E-state index in [0.29, 0.717) is 5.69 Å². The van der Waals surface area contributed by atoms with Crippen molar-refractivity contribution in [2.45, 2.75) is 6.92 Å². The number of carbonyl (C=O) groups is 1. The van der Waals surface area contributed by atoms with Crippen molar-refractivity contribution in [1.29, 1.82) is 0 Å². The van der Waals surface area contributed by atoms with Crippen LogP contribution in [0.1, 0.15) is 5.56 Å². The summed E-state index contributed by atoms with van der Waals surface area (Å²) in [5.41, 5.74) is -0.892. The molecule has 0 aliphatic carbocycles. The molecule has 1 N–H and O–H groups in total. The molecule has 25 heavy (non-hydrogen) atoms. The Hall–Kier alpha value is -3.29. The molecular weight excluding hydrogens is 339 g/mol. The minimum atomic E-state index is -1.73. The topological polar surface area (TPSA) is 68.5 Å². The lowest BCUT2D eigenvalue weighted by Gasteiger charge is -2.15. The molecule has 0 saturated heterocycles. The predicted octanol–water partition coefficient (Wildman–Crippen LogP) is 3.77. The average molecular weight is 349 g/mol. The van der Waals surface area contributed by atoms with Crippen LogP contribution in [0.3, 0.4) is 0 Å². The van der Waals surface area contributed by atoms with Gasteiger partial charge in [-0.2, -0.15) is 0 Å². The van der Waals surface area contributed by atoms with E-state index >= 15 is 0 Å². The molecule has 0 bridgehead atoms. The van der Waals surface area contributed by atoms with Crippen molar-refractivity contribution in [3.8, 4) is 11.4 Å². The van der Waals surface area contributed by atoms with Gasteiger partial charge in [0, 0.05) is 17.3 Å². The van der Waals surface area contributed by atoms with Crippen molar-refractivity contribution >= 4 is 17.1 Å². The second-order valence-electron chi connectivity index (χ2n) is 5.23. The molecular formula is C17H10F3NO4. The van der Waals surface area contributed by atoms with Crippen LogP contribution in [0.15, 0.2) is 41.3 Å². The van der Waals surface area contributed by atoms with Gasteiger partial charge in [0.25, 0.3) is 0 Å². The molecule has 0 aliphatic rings. The molecule has 0 saturated carbocycles. The first-order valence-electron chi connectivity index (χ1n) is 7.00. The lowest BCUT2D eigenvalue weighted by atomic mass is 10.1. The van der Waals surface area contributed by atoms with Crippen LogP contribution in [0, 0.1) is 24.4 Å². The Kier molecular flexibility index (Phi) is 3.96. The minimum Gasteiger partial charge on any atom is -0.449 e. The van der Waals surface area contributed by atoms with E-state index in [1.807, 2.05) is 0 Å². The number of benzene rings is 2. The predicted molar refractivity (Wildman–Crippen MR) is 82.8 cm³/mol. The van der Waals surface area contributed by atoms with E-state index < -0.39 is 34.8 Å². The highest BCUT2D eigenvalue weighted by molar-refractivity contribution is 5.86. The maximum absolute atomic E-state index is 13.9. The SMILES string of the molecule is Cc1c(F)c(F)cc2c1c(=O)c(OC(=O)O)cn2-c1ccc(F)cc1. The third-order valence-electron chi connectivity index (χ3n) is 3.69. The number of hydrogen-bond acceptors (Lipinski definition) is 3. The van der Waals surface area contributed by atoms with Crippen molar-refractivity contribution in [1.82, 2.24) is 4.57 Å². The zero-order valence-corrected chi connectivity index (χ0v) is 12.7. The number of ether oxygens (including phenoxy) is 1. The van der Waals surface area contributed by atoms with E-state index in [9.17, 15) is 22.8 Å². The maximum atomic E-state index is 13.9. The van der Waals surface area contributed by atoms with Crippen molar-refractivity contribution in [2.75, 3.05) is 0 Å². The number of rotatable bonds is 2. The summed E-state index contributed by atoms with van der Waals surface area (Å²) in [6, 6.07) is 5.74. The number of aryl methyl sites for hydroxylation is 1. The molecule has 1 heterocycles. The van der Waals surface area contributed by atoms with Crippen molar-refractivity contribution in [2.24, 2.45) is 0 Å². The maximum Gasteiger partial charge on any atom is 0.511 e. The van der Waals surface area contributed by atoms with Crippen LogP contribution in [-0.2, 0) is 0 Å². The van der Waals surface area contributed by atoms with E-state index in [2.05, 4.69) is 4.74 Å². The van der Waals surface area contributed by atoms with Gasteiger partial charge in [-0.25, -0.2) is 18.0 Å². The average Bonchev–Trinajstić information content (AvgIpc) is 2.55. The minimum absolute atomic E-state index is 0.00857. The number of aromatic nitrogens is 1. The quantitative estimate of drug-likeness (QED) is 0.715. The normalized spacial score (nSPS) is 10.9. The van der Waals surface area contributed by atoms with E-state index in [-0.39, 0.29) is 16.5 Å². The molecule has 0 unspecified atom stereocenters. The summed E-state index contributed by atoms with van der Waals surface area (Å²) in [5.74, 6) is -3.50. The number of carboxylic acid groups (broad SMARTS) is 1. The summed E-state index contributed by atoms with van der Waals surface area (Å²) in [6.07, 6.45) is -0.703. The van der Waals surface area contributed by atoms with Gasteiger partial charge in [0.1, 0.15) is 5.82 Å². The zero-order chi connectivity index (χ0) is 18.3. The van der Waals surface area contributed by atoms with E-state index in [0.717, 1.165) is 24.4 Å². The van der Waals surface area contributed by atoms with Gasteiger partial charge in [-0.1, -0.05) is 0 Å². The Morgan fingerprint density at radius 2 is 1.80 bits per heavy atom. The molecule has 0 atom stereocenters. The van der Waals surface area contributed by atoms with Gasteiger partial charge >= 0.3 is 6.16 Å². The Morgan fingerprint density at radius 3 is 2.40 bits per heavy atom. The van der Waals surface area contributed by atoms with Crippen LogP contribution in [0.25, 0.3) is 16.6 Å². The van der Waals surface area contributed by atoms with Gasteiger partial charge in [0.2, 0.25) is 5.43 Å². The van der Waals surface area contributed by atoms with E-state index in [1.165, 1.54) is 23.6 Å². The number of fused-ring (bicyclic) bond motifs is 1. The highest BCUT2D eigenvalue weighted by Crippen LogP contribution is 2.26. The fraction of sp³-hybridized carbons (Fsp3) is 0.0588. The summed E-state index contributed by atoms with van der Waals surface area (Å²) in [7, 11) is 0. The molecule has 0 amide bonds. The monoisotopic (exact) mass is 349 g/mol. The molecule has 0 fully saturated rings. The van der Waals surface area contributed by atoms with Crippen LogP contribution in [0.2, 0.25) is 0 Å². The Balaban J connectivity index is 2.46. The van der Waals surface area contributed by atoms with Gasteiger partial charge in [0.15, 0.2) is 17.4 Å². The van der Waals surface area contributed by atoms with Crippen LogP contribution in [0.5, 0.6) is 5.75 Å². The third-order valence-corrected chi connectivity index (χ3v) is 3.69. The van der Waals surface area contributed by atoms with Crippen molar-refractivity contribution < 1.29 is 27.8 Å². The summed E-state index contributed by atoms with van der Waals surface area (Å²) >= 11 is 0. The fourth-order valence-electron chi connectivity index (χ4n) is 2.56. The van der Waals surface area contributed by atoms with Gasteiger partial charge in [-0.15, -0.1) is 0 Å². The molecule has 2 aromatic carbocycles. The van der Waals surface area contributed by atoms with Crippen molar-refractivity contribution in [3.05, 3.63) is 69.8 Å².